The van der Waals surface area contributed by atoms with Gasteiger partial charge >= 0.3 is 0 Å². The number of pyridine rings is 3. The van der Waals surface area contributed by atoms with Gasteiger partial charge in [0.15, 0.2) is 5.11 Å². The Balaban J connectivity index is 1.63. The van der Waals surface area contributed by atoms with Crippen LogP contribution >= 0.6 is 12.2 Å². The second kappa shape index (κ2) is 8.28. The lowest BCUT2D eigenvalue weighted by Crippen LogP contribution is -2.30. The maximum Gasteiger partial charge on any atom is 0.170 e. The zero-order valence-electron chi connectivity index (χ0n) is 17.1. The highest BCUT2D eigenvalue weighted by molar-refractivity contribution is 7.80. The predicted molar refractivity (Wildman–Crippen MR) is 124 cm³/mol. The molecular weight excluding hydrogens is 404 g/mol. The number of aryl methyl sites for hydroxylation is 1. The minimum absolute atomic E-state index is 0.0449. The smallest absolute Gasteiger partial charge is 0.170 e. The molecule has 0 radical (unpaired) electrons. The summed E-state index contributed by atoms with van der Waals surface area (Å²) in [6.07, 6.45) is 9.18. The van der Waals surface area contributed by atoms with Crippen LogP contribution in [0.3, 0.4) is 0 Å². The van der Waals surface area contributed by atoms with Gasteiger partial charge in [0.25, 0.3) is 0 Å². The highest BCUT2D eigenvalue weighted by Gasteiger charge is 2.41. The van der Waals surface area contributed by atoms with Crippen LogP contribution in [0.1, 0.15) is 34.7 Å². The minimum Gasteiger partial charge on any atom is -0.352 e. The fraction of sp³-hybridized carbons (Fsp3) is 0.167. The van der Waals surface area contributed by atoms with Crippen molar-refractivity contribution in [1.29, 1.82) is 0 Å². The standard InChI is InChI=1S/C24H22N6S/c1-17-9-10-21(30(17)19-7-5-12-26-15-19)23-22(20-8-2-3-13-27-20)28-24(31)29(23)16-18-6-4-11-25-14-18/h2-15,22-23H,16H2,1H3,(H,28,31)/t22-,23+/m1/s1. The number of rotatable bonds is 5. The molecular formula is C24H22N6S. The van der Waals surface area contributed by atoms with Crippen LogP contribution in [0.15, 0.2) is 85.6 Å². The molecule has 1 N–H and O–H groups in total. The molecule has 0 spiro atoms. The molecule has 0 bridgehead atoms. The molecule has 0 aliphatic carbocycles. The van der Waals surface area contributed by atoms with Crippen LogP contribution in [-0.4, -0.2) is 29.5 Å². The summed E-state index contributed by atoms with van der Waals surface area (Å²) in [5, 5.41) is 4.23. The second-order valence-corrected chi connectivity index (χ2v) is 7.95. The summed E-state index contributed by atoms with van der Waals surface area (Å²) in [6.45, 7) is 2.77. The van der Waals surface area contributed by atoms with Crippen LogP contribution in [0.25, 0.3) is 5.69 Å². The summed E-state index contributed by atoms with van der Waals surface area (Å²) < 4.78 is 2.25. The van der Waals surface area contributed by atoms with E-state index in [1.807, 2.05) is 48.9 Å². The Bertz CT molecular complexity index is 1180. The lowest BCUT2D eigenvalue weighted by atomic mass is 10.0. The van der Waals surface area contributed by atoms with Crippen molar-refractivity contribution in [1.82, 2.24) is 29.7 Å². The van der Waals surface area contributed by atoms with Crippen LogP contribution in [0.5, 0.6) is 0 Å². The molecule has 0 unspecified atom stereocenters. The SMILES string of the molecule is Cc1ccc([C@H]2[C@@H](c3ccccn3)NC(=S)N2Cc2cccnc2)n1-c1cccnc1. The van der Waals surface area contributed by atoms with Crippen molar-refractivity contribution >= 4 is 17.3 Å². The van der Waals surface area contributed by atoms with Gasteiger partial charge in [0, 0.05) is 42.7 Å². The van der Waals surface area contributed by atoms with E-state index >= 15 is 0 Å². The van der Waals surface area contributed by atoms with Crippen molar-refractivity contribution in [3.05, 3.63) is 108 Å². The number of thiocarbonyl (C=S) groups is 1. The molecule has 31 heavy (non-hydrogen) atoms. The molecule has 1 saturated heterocycles. The Morgan fingerprint density at radius 1 is 0.935 bits per heavy atom. The Hall–Kier alpha value is -3.58. The molecule has 5 heterocycles. The van der Waals surface area contributed by atoms with Crippen LogP contribution in [-0.2, 0) is 6.54 Å². The normalized spacial score (nSPS) is 18.2. The Labute approximate surface area is 186 Å². The lowest BCUT2D eigenvalue weighted by molar-refractivity contribution is 0.301. The zero-order valence-corrected chi connectivity index (χ0v) is 17.9. The molecule has 6 nitrogen and oxygen atoms in total. The molecule has 0 saturated carbocycles. The quantitative estimate of drug-likeness (QED) is 0.484. The Morgan fingerprint density at radius 3 is 2.48 bits per heavy atom. The highest BCUT2D eigenvalue weighted by atomic mass is 32.1. The maximum atomic E-state index is 5.81. The summed E-state index contributed by atoms with van der Waals surface area (Å²) in [6, 6.07) is 18.3. The van der Waals surface area contributed by atoms with Crippen molar-refractivity contribution in [3.8, 4) is 5.69 Å². The van der Waals surface area contributed by atoms with Gasteiger partial charge in [0.2, 0.25) is 0 Å². The molecule has 0 aromatic carbocycles. The predicted octanol–water partition coefficient (Wildman–Crippen LogP) is 4.14. The monoisotopic (exact) mass is 426 g/mol. The van der Waals surface area contributed by atoms with E-state index in [9.17, 15) is 0 Å². The van der Waals surface area contributed by atoms with E-state index in [4.69, 9.17) is 12.2 Å². The molecule has 1 aliphatic rings. The number of hydrogen-bond donors (Lipinski definition) is 1. The van der Waals surface area contributed by atoms with Gasteiger partial charge in [-0.05, 0) is 67.2 Å². The van der Waals surface area contributed by atoms with Gasteiger partial charge in [-0.3, -0.25) is 15.0 Å². The summed E-state index contributed by atoms with van der Waals surface area (Å²) in [5.41, 5.74) is 5.37. The van der Waals surface area contributed by atoms with Gasteiger partial charge in [-0.25, -0.2) is 0 Å². The van der Waals surface area contributed by atoms with Gasteiger partial charge in [-0.15, -0.1) is 0 Å². The molecule has 4 aromatic rings. The van der Waals surface area contributed by atoms with E-state index in [0.29, 0.717) is 11.7 Å². The van der Waals surface area contributed by atoms with Crippen LogP contribution in [0.2, 0.25) is 0 Å². The highest BCUT2D eigenvalue weighted by Crippen LogP contribution is 2.40. The molecule has 1 fully saturated rings. The first-order chi connectivity index (χ1) is 15.2. The number of aromatic nitrogens is 4. The Kier molecular flexibility index (Phi) is 5.18. The average Bonchev–Trinajstić information content (AvgIpc) is 3.35. The molecule has 2 atom stereocenters. The third-order valence-corrected chi connectivity index (χ3v) is 5.94. The molecule has 1 aliphatic heterocycles. The Morgan fingerprint density at radius 2 is 1.77 bits per heavy atom. The lowest BCUT2D eigenvalue weighted by Gasteiger charge is -2.29. The van der Waals surface area contributed by atoms with Gasteiger partial charge < -0.3 is 14.8 Å². The summed E-state index contributed by atoms with van der Waals surface area (Å²) >= 11 is 5.81. The van der Waals surface area contributed by atoms with Crippen LogP contribution in [0.4, 0.5) is 0 Å². The largest absolute Gasteiger partial charge is 0.352 e. The zero-order chi connectivity index (χ0) is 21.2. The van der Waals surface area contributed by atoms with Crippen LogP contribution in [0, 0.1) is 6.92 Å². The van der Waals surface area contributed by atoms with Gasteiger partial charge in [-0.2, -0.15) is 0 Å². The number of hydrogen-bond acceptors (Lipinski definition) is 4. The van der Waals surface area contributed by atoms with Crippen molar-refractivity contribution in [3.63, 3.8) is 0 Å². The van der Waals surface area contributed by atoms with Gasteiger partial charge in [-0.1, -0.05) is 12.1 Å². The van der Waals surface area contributed by atoms with Crippen molar-refractivity contribution in [2.24, 2.45) is 0 Å². The fourth-order valence-electron chi connectivity index (χ4n) is 4.21. The van der Waals surface area contributed by atoms with E-state index in [-0.39, 0.29) is 12.1 Å². The van der Waals surface area contributed by atoms with Crippen molar-refractivity contribution in [2.75, 3.05) is 0 Å². The average molecular weight is 427 g/mol. The number of nitrogens with one attached hydrogen (secondary N) is 1. The minimum atomic E-state index is -0.0740. The van der Waals surface area contributed by atoms with E-state index in [1.54, 1.807) is 12.4 Å². The first-order valence-corrected chi connectivity index (χ1v) is 10.6. The fourth-order valence-corrected chi connectivity index (χ4v) is 4.52. The van der Waals surface area contributed by atoms with Gasteiger partial charge in [0.05, 0.1) is 29.7 Å². The summed E-state index contributed by atoms with van der Waals surface area (Å²) in [5.74, 6) is 0. The van der Waals surface area contributed by atoms with E-state index in [1.165, 1.54) is 0 Å². The topological polar surface area (TPSA) is 58.9 Å². The van der Waals surface area contributed by atoms with Crippen molar-refractivity contribution in [2.45, 2.75) is 25.6 Å². The van der Waals surface area contributed by atoms with Crippen molar-refractivity contribution < 1.29 is 0 Å². The molecule has 7 heteroatoms. The second-order valence-electron chi connectivity index (χ2n) is 7.56. The van der Waals surface area contributed by atoms with Crippen LogP contribution < -0.4 is 5.32 Å². The summed E-state index contributed by atoms with van der Waals surface area (Å²) in [4.78, 5) is 15.5. The van der Waals surface area contributed by atoms with E-state index in [0.717, 1.165) is 28.3 Å². The first kappa shape index (κ1) is 19.4. The molecule has 5 rings (SSSR count). The van der Waals surface area contributed by atoms with Gasteiger partial charge in [0.1, 0.15) is 0 Å². The molecule has 0 amide bonds. The first-order valence-electron chi connectivity index (χ1n) is 10.2. The molecule has 4 aromatic heterocycles. The molecule has 154 valence electrons. The van der Waals surface area contributed by atoms with E-state index in [2.05, 4.69) is 60.9 Å². The number of nitrogens with zero attached hydrogens (tertiary/aromatic N) is 5. The third kappa shape index (κ3) is 3.68. The third-order valence-electron chi connectivity index (χ3n) is 5.59. The summed E-state index contributed by atoms with van der Waals surface area (Å²) in [7, 11) is 0. The maximum absolute atomic E-state index is 5.81. The van der Waals surface area contributed by atoms with E-state index < -0.39 is 0 Å².